The Bertz CT molecular complexity index is 585. The summed E-state index contributed by atoms with van der Waals surface area (Å²) in [5.41, 5.74) is 6.50. The molecule has 0 saturated heterocycles. The Labute approximate surface area is 174 Å². The van der Waals surface area contributed by atoms with Crippen LogP contribution in [0.15, 0.2) is 67.3 Å². The van der Waals surface area contributed by atoms with Gasteiger partial charge < -0.3 is 0 Å². The quantitative estimate of drug-likeness (QED) is 0.209. The van der Waals surface area contributed by atoms with Crippen molar-refractivity contribution in [1.29, 1.82) is 0 Å². The van der Waals surface area contributed by atoms with Crippen LogP contribution in [0, 0.1) is 5.92 Å². The molecular weight excluding hydrogens is 363 g/mol. The predicted molar refractivity (Wildman–Crippen MR) is 128 cm³/mol. The normalized spacial score (nSPS) is 10.1. The minimum Gasteiger partial charge on any atom is -0.294 e. The minimum atomic E-state index is 0.741. The molecule has 2 aromatic carbocycles. The topological polar surface area (TPSA) is 33.3 Å². The van der Waals surface area contributed by atoms with E-state index in [0.29, 0.717) is 0 Å². The fourth-order valence-electron chi connectivity index (χ4n) is 1.83. The summed E-state index contributed by atoms with van der Waals surface area (Å²) < 4.78 is 0. The molecule has 0 aromatic heterocycles. The number of rotatable bonds is 9. The Hall–Kier alpha value is -1.67. The van der Waals surface area contributed by atoms with Gasteiger partial charge in [-0.1, -0.05) is 82.7 Å². The van der Waals surface area contributed by atoms with Gasteiger partial charge in [0.05, 0.1) is 12.8 Å². The first kappa shape index (κ1) is 26.3. The molecule has 0 fully saturated rings. The summed E-state index contributed by atoms with van der Waals surface area (Å²) in [4.78, 5) is 4.81. The highest BCUT2D eigenvalue weighted by molar-refractivity contribution is 7.34. The van der Waals surface area contributed by atoms with Gasteiger partial charge in [0.2, 0.25) is 0 Å². The average molecular weight is 403 g/mol. The number of benzene rings is 2. The van der Waals surface area contributed by atoms with Crippen LogP contribution in [0.3, 0.4) is 0 Å². The monoisotopic (exact) mass is 402 g/mol. The molecule has 28 heavy (non-hydrogen) atoms. The SMILES string of the molecule is C=CCNPCc1ccc(NOC)cc1.CCC(C)C.CCc1ccccc1. The summed E-state index contributed by atoms with van der Waals surface area (Å²) in [6.45, 7) is 13.3. The zero-order valence-electron chi connectivity index (χ0n) is 18.3. The van der Waals surface area contributed by atoms with Crippen LogP contribution in [0.2, 0.25) is 0 Å². The molecule has 156 valence electrons. The van der Waals surface area contributed by atoms with Gasteiger partial charge in [-0.3, -0.25) is 15.4 Å². The Balaban J connectivity index is 0.000000466. The Morgan fingerprint density at radius 3 is 2.04 bits per heavy atom. The maximum Gasteiger partial charge on any atom is 0.0636 e. The highest BCUT2D eigenvalue weighted by atomic mass is 31.1. The summed E-state index contributed by atoms with van der Waals surface area (Å²) in [5.74, 6) is 0.884. The third kappa shape index (κ3) is 15.4. The standard InChI is InChI=1S/C11H17N2OP.C8H10.C5H12/c1-3-8-12-15-9-10-4-6-11(7-5-10)13-14-2;1-2-8-6-4-3-5-7-8;1-4-5(2)3/h3-7,12-13,15H,1,8-9H2,2H3;3-7H,2H2,1H3;5H,4H2,1-3H3. The van der Waals surface area contributed by atoms with Crippen molar-refractivity contribution in [3.63, 3.8) is 0 Å². The van der Waals surface area contributed by atoms with E-state index in [1.54, 1.807) is 7.11 Å². The third-order valence-corrected chi connectivity index (χ3v) is 4.94. The van der Waals surface area contributed by atoms with Crippen LogP contribution in [0.25, 0.3) is 0 Å². The fraction of sp³-hybridized carbons (Fsp3) is 0.417. The van der Waals surface area contributed by atoms with Crippen molar-refractivity contribution in [2.45, 2.75) is 46.7 Å². The first-order valence-electron chi connectivity index (χ1n) is 10.1. The van der Waals surface area contributed by atoms with Gasteiger partial charge in [-0.05, 0) is 44.3 Å². The molecule has 0 radical (unpaired) electrons. The lowest BCUT2D eigenvalue weighted by Crippen LogP contribution is -2.00. The molecule has 3 nitrogen and oxygen atoms in total. The van der Waals surface area contributed by atoms with Crippen LogP contribution in [0.4, 0.5) is 5.69 Å². The molecule has 0 heterocycles. The van der Waals surface area contributed by atoms with Crippen LogP contribution in [-0.2, 0) is 17.4 Å². The smallest absolute Gasteiger partial charge is 0.0636 e. The zero-order valence-corrected chi connectivity index (χ0v) is 19.3. The van der Waals surface area contributed by atoms with Gasteiger partial charge in [0, 0.05) is 12.7 Å². The number of hydrogen-bond donors (Lipinski definition) is 2. The second-order valence-electron chi connectivity index (χ2n) is 6.67. The fourth-order valence-corrected chi connectivity index (χ4v) is 2.68. The van der Waals surface area contributed by atoms with Gasteiger partial charge in [-0.15, -0.1) is 6.58 Å². The van der Waals surface area contributed by atoms with Crippen molar-refractivity contribution in [2.75, 3.05) is 19.1 Å². The largest absolute Gasteiger partial charge is 0.294 e. The van der Waals surface area contributed by atoms with Crippen molar-refractivity contribution in [3.8, 4) is 0 Å². The second kappa shape index (κ2) is 18.7. The molecule has 0 saturated carbocycles. The molecule has 0 aliphatic heterocycles. The number of anilines is 1. The molecule has 2 N–H and O–H groups in total. The highest BCUT2D eigenvalue weighted by Gasteiger charge is 1.93. The van der Waals surface area contributed by atoms with Crippen molar-refractivity contribution < 1.29 is 4.84 Å². The Morgan fingerprint density at radius 2 is 1.61 bits per heavy atom. The summed E-state index contributed by atoms with van der Waals surface area (Å²) in [6.07, 6.45) is 5.38. The van der Waals surface area contributed by atoms with Gasteiger partial charge >= 0.3 is 0 Å². The van der Waals surface area contributed by atoms with Crippen LogP contribution < -0.4 is 10.6 Å². The zero-order chi connectivity index (χ0) is 21.0. The first-order chi connectivity index (χ1) is 13.6. The summed E-state index contributed by atoms with van der Waals surface area (Å²) in [6, 6.07) is 18.7. The van der Waals surface area contributed by atoms with E-state index in [1.807, 2.05) is 24.3 Å². The minimum absolute atomic E-state index is 0.741. The van der Waals surface area contributed by atoms with E-state index in [1.165, 1.54) is 17.5 Å². The molecule has 0 spiro atoms. The molecule has 0 bridgehead atoms. The van der Waals surface area contributed by atoms with Crippen molar-refractivity contribution in [3.05, 3.63) is 78.4 Å². The average Bonchev–Trinajstić information content (AvgIpc) is 2.74. The van der Waals surface area contributed by atoms with Crippen LogP contribution in [0.1, 0.15) is 45.2 Å². The van der Waals surface area contributed by atoms with E-state index in [2.05, 4.69) is 81.2 Å². The van der Waals surface area contributed by atoms with E-state index in [0.717, 1.165) is 39.5 Å². The second-order valence-corrected chi connectivity index (χ2v) is 7.73. The van der Waals surface area contributed by atoms with Crippen molar-refractivity contribution in [2.24, 2.45) is 5.92 Å². The Morgan fingerprint density at radius 1 is 1.00 bits per heavy atom. The van der Waals surface area contributed by atoms with E-state index in [9.17, 15) is 0 Å². The molecule has 2 rings (SSSR count). The maximum atomic E-state index is 4.81. The summed E-state index contributed by atoms with van der Waals surface area (Å²) in [5, 5.41) is 3.29. The Kier molecular flexibility index (Phi) is 17.6. The highest BCUT2D eigenvalue weighted by Crippen LogP contribution is 2.16. The first-order valence-corrected chi connectivity index (χ1v) is 11.3. The predicted octanol–water partition coefficient (Wildman–Crippen LogP) is 6.83. The van der Waals surface area contributed by atoms with Gasteiger partial charge in [0.1, 0.15) is 0 Å². The van der Waals surface area contributed by atoms with E-state index in [4.69, 9.17) is 4.84 Å². The molecule has 0 amide bonds. The molecule has 1 unspecified atom stereocenters. The summed E-state index contributed by atoms with van der Waals surface area (Å²) in [7, 11) is 2.35. The summed E-state index contributed by atoms with van der Waals surface area (Å²) >= 11 is 0. The maximum absolute atomic E-state index is 4.81. The van der Waals surface area contributed by atoms with E-state index >= 15 is 0 Å². The lowest BCUT2D eigenvalue weighted by atomic mass is 10.2. The third-order valence-electron chi connectivity index (χ3n) is 3.91. The molecule has 4 heteroatoms. The van der Waals surface area contributed by atoms with Crippen molar-refractivity contribution in [1.82, 2.24) is 5.09 Å². The molecular formula is C24H39N2OP. The van der Waals surface area contributed by atoms with Crippen LogP contribution >= 0.6 is 8.73 Å². The molecule has 1 atom stereocenters. The lowest BCUT2D eigenvalue weighted by Gasteiger charge is -2.05. The van der Waals surface area contributed by atoms with Gasteiger partial charge in [-0.2, -0.15) is 0 Å². The molecule has 0 aliphatic carbocycles. The van der Waals surface area contributed by atoms with Crippen LogP contribution in [-0.4, -0.2) is 13.7 Å². The van der Waals surface area contributed by atoms with E-state index < -0.39 is 0 Å². The number of nitrogens with one attached hydrogen (secondary N) is 2. The van der Waals surface area contributed by atoms with Crippen LogP contribution in [0.5, 0.6) is 0 Å². The lowest BCUT2D eigenvalue weighted by molar-refractivity contribution is 0.271. The molecule has 0 aliphatic rings. The van der Waals surface area contributed by atoms with Gasteiger partial charge in [0.25, 0.3) is 0 Å². The number of hydrogen-bond acceptors (Lipinski definition) is 3. The van der Waals surface area contributed by atoms with Gasteiger partial charge in [-0.25, -0.2) is 0 Å². The molecule has 2 aromatic rings. The van der Waals surface area contributed by atoms with E-state index in [-0.39, 0.29) is 0 Å². The van der Waals surface area contributed by atoms with Gasteiger partial charge in [0.15, 0.2) is 0 Å². The number of aryl methyl sites for hydroxylation is 1. The van der Waals surface area contributed by atoms with Crippen molar-refractivity contribution >= 4 is 14.4 Å².